The number of carbonyl (C=O) groups excluding carboxylic acids is 2. The van der Waals surface area contributed by atoms with Gasteiger partial charge in [0.25, 0.3) is 11.8 Å². The number of fused-ring (bicyclic) bond motifs is 1. The van der Waals surface area contributed by atoms with Crippen molar-refractivity contribution in [3.8, 4) is 5.75 Å². The van der Waals surface area contributed by atoms with Gasteiger partial charge in [-0.25, -0.2) is 8.42 Å². The van der Waals surface area contributed by atoms with E-state index in [2.05, 4.69) is 15.5 Å². The Morgan fingerprint density at radius 2 is 1.64 bits per heavy atom. The van der Waals surface area contributed by atoms with E-state index in [1.54, 1.807) is 43.5 Å². The van der Waals surface area contributed by atoms with Gasteiger partial charge in [-0.15, -0.1) is 11.3 Å². The molecule has 206 valence electrons. The van der Waals surface area contributed by atoms with Gasteiger partial charge in [0.1, 0.15) is 10.8 Å². The largest absolute Gasteiger partial charge is 0.497 e. The van der Waals surface area contributed by atoms with Crippen LogP contribution in [-0.2, 0) is 22.9 Å². The first-order valence-corrected chi connectivity index (χ1v) is 15.2. The fourth-order valence-electron chi connectivity index (χ4n) is 4.91. The van der Waals surface area contributed by atoms with Crippen LogP contribution in [0.4, 0.5) is 10.7 Å². The maximum Gasteiger partial charge on any atom is 0.258 e. The second kappa shape index (κ2) is 11.5. The maximum absolute atomic E-state index is 13.4. The molecule has 2 aliphatic rings. The van der Waals surface area contributed by atoms with Gasteiger partial charge < -0.3 is 20.3 Å². The number of methoxy groups -OCH3 is 1. The standard InChI is InChI=1S/C28H32N4O5S2/c1-31-14-16-32(17-15-31)39(35,36)22-7-5-6-19(18-22)26(33)30-28-25(23-8-3-4-9-24(23)38-28)27(34)29-20-10-12-21(37-2)13-11-20/h5-7,10-13,18H,3-4,8-9,14-17H2,1-2H3,(H,29,34)(H,30,33). The molecule has 11 heteroatoms. The summed E-state index contributed by atoms with van der Waals surface area (Å²) in [4.78, 5) is 30.1. The van der Waals surface area contributed by atoms with Crippen molar-refractivity contribution >= 4 is 43.9 Å². The summed E-state index contributed by atoms with van der Waals surface area (Å²) in [5.74, 6) is -0.0606. The van der Waals surface area contributed by atoms with Crippen molar-refractivity contribution in [2.75, 3.05) is 51.0 Å². The van der Waals surface area contributed by atoms with Crippen LogP contribution in [0.3, 0.4) is 0 Å². The Kier molecular flexibility index (Phi) is 8.03. The topological polar surface area (TPSA) is 108 Å². The quantitative estimate of drug-likeness (QED) is 0.445. The van der Waals surface area contributed by atoms with Crippen molar-refractivity contribution in [3.05, 3.63) is 70.1 Å². The highest BCUT2D eigenvalue weighted by Crippen LogP contribution is 2.39. The van der Waals surface area contributed by atoms with E-state index in [0.29, 0.717) is 48.2 Å². The molecule has 0 unspecified atom stereocenters. The first-order chi connectivity index (χ1) is 18.8. The Morgan fingerprint density at radius 3 is 2.36 bits per heavy atom. The minimum absolute atomic E-state index is 0.0858. The van der Waals surface area contributed by atoms with E-state index in [-0.39, 0.29) is 16.4 Å². The summed E-state index contributed by atoms with van der Waals surface area (Å²) in [5.41, 5.74) is 2.28. The molecule has 2 aromatic carbocycles. The molecule has 9 nitrogen and oxygen atoms in total. The first kappa shape index (κ1) is 27.3. The number of hydrogen-bond donors (Lipinski definition) is 2. The van der Waals surface area contributed by atoms with Crippen LogP contribution in [0.5, 0.6) is 5.75 Å². The van der Waals surface area contributed by atoms with Crippen LogP contribution in [0, 0.1) is 0 Å². The summed E-state index contributed by atoms with van der Waals surface area (Å²) < 4.78 is 33.1. The molecular formula is C28H32N4O5S2. The molecule has 1 aromatic heterocycles. The summed E-state index contributed by atoms with van der Waals surface area (Å²) in [5, 5.41) is 6.33. The van der Waals surface area contributed by atoms with Crippen LogP contribution in [0.15, 0.2) is 53.4 Å². The predicted octanol–water partition coefficient (Wildman–Crippen LogP) is 4.08. The molecule has 1 aliphatic heterocycles. The number of nitrogens with zero attached hydrogens (tertiary/aromatic N) is 2. The number of thiophene rings is 1. The van der Waals surface area contributed by atoms with Crippen LogP contribution in [0.25, 0.3) is 0 Å². The Balaban J connectivity index is 1.39. The average molecular weight is 569 g/mol. The van der Waals surface area contributed by atoms with Gasteiger partial charge in [0.05, 0.1) is 17.6 Å². The van der Waals surface area contributed by atoms with Crippen molar-refractivity contribution in [1.29, 1.82) is 0 Å². The van der Waals surface area contributed by atoms with E-state index in [1.807, 2.05) is 7.05 Å². The Bertz CT molecular complexity index is 1480. The van der Waals surface area contributed by atoms with Gasteiger partial charge >= 0.3 is 0 Å². The third-order valence-electron chi connectivity index (χ3n) is 7.17. The zero-order valence-electron chi connectivity index (χ0n) is 22.0. The fourth-order valence-corrected chi connectivity index (χ4v) is 7.66. The second-order valence-electron chi connectivity index (χ2n) is 9.79. The Morgan fingerprint density at radius 1 is 0.923 bits per heavy atom. The van der Waals surface area contributed by atoms with Crippen molar-refractivity contribution in [3.63, 3.8) is 0 Å². The van der Waals surface area contributed by atoms with E-state index in [4.69, 9.17) is 4.74 Å². The number of rotatable bonds is 7. The molecule has 0 atom stereocenters. The Labute approximate surface area is 232 Å². The average Bonchev–Trinajstić information content (AvgIpc) is 3.31. The molecule has 0 radical (unpaired) electrons. The van der Waals surface area contributed by atoms with Crippen LogP contribution < -0.4 is 15.4 Å². The summed E-state index contributed by atoms with van der Waals surface area (Å²) in [6.45, 7) is 2.12. The van der Waals surface area contributed by atoms with E-state index in [1.165, 1.54) is 27.8 Å². The number of anilines is 2. The summed E-state index contributed by atoms with van der Waals surface area (Å²) >= 11 is 1.42. The summed E-state index contributed by atoms with van der Waals surface area (Å²) in [7, 11) is -0.179. The third kappa shape index (κ3) is 5.86. The number of carbonyl (C=O) groups is 2. The minimum Gasteiger partial charge on any atom is -0.497 e. The Hall–Kier alpha value is -3.25. The number of hydrogen-bond acceptors (Lipinski definition) is 7. The fraction of sp³-hybridized carbons (Fsp3) is 0.357. The van der Waals surface area contributed by atoms with Gasteiger partial charge in [-0.3, -0.25) is 9.59 Å². The van der Waals surface area contributed by atoms with Gasteiger partial charge in [0.15, 0.2) is 0 Å². The molecule has 2 N–H and O–H groups in total. The number of likely N-dealkylation sites (N-methyl/N-ethyl adjacent to an activating group) is 1. The van der Waals surface area contributed by atoms with Crippen molar-refractivity contribution in [2.45, 2.75) is 30.6 Å². The maximum atomic E-state index is 13.4. The number of nitrogens with one attached hydrogen (secondary N) is 2. The molecule has 39 heavy (non-hydrogen) atoms. The van der Waals surface area contributed by atoms with Gasteiger partial charge in [-0.05, 0) is 80.8 Å². The molecule has 0 saturated carbocycles. The van der Waals surface area contributed by atoms with Gasteiger partial charge in [-0.1, -0.05) is 6.07 Å². The third-order valence-corrected chi connectivity index (χ3v) is 10.3. The molecule has 5 rings (SSSR count). The highest BCUT2D eigenvalue weighted by atomic mass is 32.2. The zero-order chi connectivity index (χ0) is 27.6. The number of sulfonamides is 1. The summed E-state index contributed by atoms with van der Waals surface area (Å²) in [6, 6.07) is 13.2. The van der Waals surface area contributed by atoms with Crippen LogP contribution in [0.1, 0.15) is 44.0 Å². The molecule has 3 aromatic rings. The normalized spacial score (nSPS) is 16.4. The number of piperazine rings is 1. The lowest BCUT2D eigenvalue weighted by Crippen LogP contribution is -2.47. The SMILES string of the molecule is COc1ccc(NC(=O)c2c(NC(=O)c3cccc(S(=O)(=O)N4CCN(C)CC4)c3)sc3c2CCCC3)cc1. The number of benzene rings is 2. The molecule has 1 aliphatic carbocycles. The minimum atomic E-state index is -3.72. The number of aryl methyl sites for hydroxylation is 1. The van der Waals surface area contributed by atoms with Crippen LogP contribution in [-0.4, -0.2) is 69.8 Å². The second-order valence-corrected chi connectivity index (χ2v) is 12.8. The molecule has 1 saturated heterocycles. The number of ether oxygens (including phenoxy) is 1. The van der Waals surface area contributed by atoms with E-state index >= 15 is 0 Å². The van der Waals surface area contributed by atoms with Gasteiger partial charge in [0.2, 0.25) is 10.0 Å². The highest BCUT2D eigenvalue weighted by molar-refractivity contribution is 7.89. The van der Waals surface area contributed by atoms with Crippen molar-refractivity contribution < 1.29 is 22.7 Å². The zero-order valence-corrected chi connectivity index (χ0v) is 23.7. The highest BCUT2D eigenvalue weighted by Gasteiger charge is 2.29. The van der Waals surface area contributed by atoms with Crippen molar-refractivity contribution in [1.82, 2.24) is 9.21 Å². The van der Waals surface area contributed by atoms with E-state index in [9.17, 15) is 18.0 Å². The molecular weight excluding hydrogens is 536 g/mol. The lowest BCUT2D eigenvalue weighted by molar-refractivity contribution is 0.102. The molecule has 2 heterocycles. The van der Waals surface area contributed by atoms with Crippen LogP contribution in [0.2, 0.25) is 0 Å². The lowest BCUT2D eigenvalue weighted by Gasteiger charge is -2.31. The van der Waals surface area contributed by atoms with E-state index in [0.717, 1.165) is 36.1 Å². The van der Waals surface area contributed by atoms with Gasteiger partial charge in [0, 0.05) is 42.3 Å². The molecule has 2 amide bonds. The molecule has 0 bridgehead atoms. The molecule has 0 spiro atoms. The van der Waals surface area contributed by atoms with Crippen LogP contribution >= 0.6 is 11.3 Å². The lowest BCUT2D eigenvalue weighted by atomic mass is 9.95. The first-order valence-electron chi connectivity index (χ1n) is 13.0. The summed E-state index contributed by atoms with van der Waals surface area (Å²) in [6.07, 6.45) is 3.64. The smallest absolute Gasteiger partial charge is 0.258 e. The molecule has 1 fully saturated rings. The van der Waals surface area contributed by atoms with Gasteiger partial charge in [-0.2, -0.15) is 4.31 Å². The predicted molar refractivity (Wildman–Crippen MR) is 153 cm³/mol. The van der Waals surface area contributed by atoms with E-state index < -0.39 is 15.9 Å². The number of amides is 2. The monoisotopic (exact) mass is 568 g/mol. The van der Waals surface area contributed by atoms with Crippen molar-refractivity contribution in [2.24, 2.45) is 0 Å².